The maximum absolute atomic E-state index is 14.6. The van der Waals surface area contributed by atoms with Crippen LogP contribution in [0.1, 0.15) is 48.8 Å². The maximum Gasteiger partial charge on any atom is 0.243 e. The summed E-state index contributed by atoms with van der Waals surface area (Å²) >= 11 is 12.5. The molecule has 3 aromatic rings. The second-order valence-electron chi connectivity index (χ2n) is 9.58. The first-order valence-corrected chi connectivity index (χ1v) is 13.5. The SMILES string of the molecule is O=C(NC1CCCCC1)C(Cc1ccccc1)N(Cc1cccc(Cl)c1)C(=O)Cc1c(F)cccc1Cl. The van der Waals surface area contributed by atoms with Gasteiger partial charge in [0.05, 0.1) is 6.42 Å². The van der Waals surface area contributed by atoms with Crippen LogP contribution in [0.5, 0.6) is 0 Å². The third kappa shape index (κ3) is 7.56. The topological polar surface area (TPSA) is 49.4 Å². The molecule has 0 spiro atoms. The number of carbonyl (C=O) groups is 2. The molecule has 4 rings (SSSR count). The van der Waals surface area contributed by atoms with E-state index in [1.54, 1.807) is 23.1 Å². The lowest BCUT2D eigenvalue weighted by atomic mass is 9.94. The van der Waals surface area contributed by atoms with Crippen molar-refractivity contribution in [3.05, 3.63) is 105 Å². The molecular formula is C30H31Cl2FN2O2. The van der Waals surface area contributed by atoms with E-state index < -0.39 is 11.9 Å². The Kier molecular flexibility index (Phi) is 9.59. The van der Waals surface area contributed by atoms with E-state index >= 15 is 0 Å². The highest BCUT2D eigenvalue weighted by Gasteiger charge is 2.32. The van der Waals surface area contributed by atoms with Gasteiger partial charge in [0.15, 0.2) is 0 Å². The minimum atomic E-state index is -0.790. The first kappa shape index (κ1) is 27.2. The number of nitrogens with zero attached hydrogens (tertiary/aromatic N) is 1. The van der Waals surface area contributed by atoms with E-state index in [1.165, 1.54) is 18.6 Å². The molecule has 3 aromatic carbocycles. The van der Waals surface area contributed by atoms with Crippen molar-refractivity contribution in [2.45, 2.75) is 63.6 Å². The van der Waals surface area contributed by atoms with E-state index in [-0.39, 0.29) is 41.4 Å². The van der Waals surface area contributed by atoms with E-state index in [0.717, 1.165) is 36.8 Å². The van der Waals surface area contributed by atoms with Crippen molar-refractivity contribution >= 4 is 35.0 Å². The molecule has 1 saturated carbocycles. The van der Waals surface area contributed by atoms with Crippen molar-refractivity contribution in [1.29, 1.82) is 0 Å². The van der Waals surface area contributed by atoms with E-state index in [2.05, 4.69) is 5.32 Å². The summed E-state index contributed by atoms with van der Waals surface area (Å²) in [4.78, 5) is 29.1. The zero-order valence-corrected chi connectivity index (χ0v) is 22.1. The predicted octanol–water partition coefficient (Wildman–Crippen LogP) is 6.76. The van der Waals surface area contributed by atoms with Gasteiger partial charge >= 0.3 is 0 Å². The largest absolute Gasteiger partial charge is 0.352 e. The van der Waals surface area contributed by atoms with Gasteiger partial charge in [0, 0.05) is 34.6 Å². The van der Waals surface area contributed by atoms with Gasteiger partial charge in [-0.05, 0) is 48.2 Å². The number of benzene rings is 3. The highest BCUT2D eigenvalue weighted by molar-refractivity contribution is 6.31. The molecule has 1 unspecified atom stereocenters. The third-order valence-electron chi connectivity index (χ3n) is 6.85. The summed E-state index contributed by atoms with van der Waals surface area (Å²) < 4.78 is 14.6. The number of halogens is 3. The molecule has 1 aliphatic rings. The summed E-state index contributed by atoms with van der Waals surface area (Å²) in [7, 11) is 0. The van der Waals surface area contributed by atoms with E-state index in [1.807, 2.05) is 42.5 Å². The third-order valence-corrected chi connectivity index (χ3v) is 7.44. The Morgan fingerprint density at radius 1 is 0.919 bits per heavy atom. The molecule has 194 valence electrons. The zero-order valence-electron chi connectivity index (χ0n) is 20.6. The van der Waals surface area contributed by atoms with Crippen molar-refractivity contribution in [1.82, 2.24) is 10.2 Å². The van der Waals surface area contributed by atoms with E-state index in [0.29, 0.717) is 11.4 Å². The van der Waals surface area contributed by atoms with Crippen LogP contribution in [-0.4, -0.2) is 28.8 Å². The Hall–Kier alpha value is -2.89. The fraction of sp³-hybridized carbons (Fsp3) is 0.333. The number of hydrogen-bond donors (Lipinski definition) is 1. The lowest BCUT2D eigenvalue weighted by Gasteiger charge is -2.33. The Balaban J connectivity index is 1.68. The molecule has 1 aliphatic carbocycles. The van der Waals surface area contributed by atoms with Gasteiger partial charge in [-0.2, -0.15) is 0 Å². The summed E-state index contributed by atoms with van der Waals surface area (Å²) in [6.07, 6.45) is 5.25. The average Bonchev–Trinajstić information content (AvgIpc) is 2.89. The molecule has 7 heteroatoms. The number of rotatable bonds is 9. The van der Waals surface area contributed by atoms with Crippen molar-refractivity contribution in [3.8, 4) is 0 Å². The standard InChI is InChI=1S/C30H31Cl2FN2O2/c31-23-12-7-11-22(17-23)20-35(29(36)19-25-26(32)15-8-16-27(25)33)28(18-21-9-3-1-4-10-21)30(37)34-24-13-5-2-6-14-24/h1,3-4,7-12,15-17,24,28H,2,5-6,13-14,18-20H2,(H,34,37). The molecule has 0 aliphatic heterocycles. The minimum absolute atomic E-state index is 0.0867. The molecule has 37 heavy (non-hydrogen) atoms. The fourth-order valence-corrected chi connectivity index (χ4v) is 5.33. The smallest absolute Gasteiger partial charge is 0.243 e. The van der Waals surface area contributed by atoms with Crippen LogP contribution in [0.15, 0.2) is 72.8 Å². The van der Waals surface area contributed by atoms with Crippen molar-refractivity contribution in [3.63, 3.8) is 0 Å². The molecule has 0 heterocycles. The van der Waals surface area contributed by atoms with E-state index in [9.17, 15) is 14.0 Å². The quantitative estimate of drug-likeness (QED) is 0.325. The number of nitrogens with one attached hydrogen (secondary N) is 1. The Labute approximate surface area is 227 Å². The first-order chi connectivity index (χ1) is 17.9. The summed E-state index contributed by atoms with van der Waals surface area (Å²) in [5, 5.41) is 3.92. The number of hydrogen-bond acceptors (Lipinski definition) is 2. The van der Waals surface area contributed by atoms with Crippen LogP contribution in [-0.2, 0) is 29.0 Å². The van der Waals surface area contributed by atoms with Gasteiger partial charge < -0.3 is 10.2 Å². The molecule has 0 saturated heterocycles. The molecule has 4 nitrogen and oxygen atoms in total. The maximum atomic E-state index is 14.6. The summed E-state index contributed by atoms with van der Waals surface area (Å²) in [6.45, 7) is 0.154. The van der Waals surface area contributed by atoms with Crippen LogP contribution in [0.4, 0.5) is 4.39 Å². The summed E-state index contributed by atoms with van der Waals surface area (Å²) in [5.41, 5.74) is 1.83. The minimum Gasteiger partial charge on any atom is -0.352 e. The highest BCUT2D eigenvalue weighted by Crippen LogP contribution is 2.24. The van der Waals surface area contributed by atoms with Crippen LogP contribution in [0.3, 0.4) is 0 Å². The molecule has 1 N–H and O–H groups in total. The van der Waals surface area contributed by atoms with Crippen LogP contribution in [0.25, 0.3) is 0 Å². The average molecular weight is 541 g/mol. The van der Waals surface area contributed by atoms with Gasteiger partial charge in [0.25, 0.3) is 0 Å². The molecule has 2 amide bonds. The van der Waals surface area contributed by atoms with E-state index in [4.69, 9.17) is 23.2 Å². The van der Waals surface area contributed by atoms with Crippen LogP contribution in [0.2, 0.25) is 10.0 Å². The normalized spacial score (nSPS) is 14.7. The molecule has 1 fully saturated rings. The number of amides is 2. The first-order valence-electron chi connectivity index (χ1n) is 12.7. The molecule has 0 bridgehead atoms. The van der Waals surface area contributed by atoms with Crippen molar-refractivity contribution < 1.29 is 14.0 Å². The second kappa shape index (κ2) is 13.1. The van der Waals surface area contributed by atoms with Gasteiger partial charge in [-0.25, -0.2) is 4.39 Å². The molecule has 0 aromatic heterocycles. The molecule has 1 atom stereocenters. The summed E-state index contributed by atoms with van der Waals surface area (Å²) in [5.74, 6) is -1.13. The molecule has 0 radical (unpaired) electrons. The van der Waals surface area contributed by atoms with Crippen LogP contribution in [0, 0.1) is 5.82 Å². The van der Waals surface area contributed by atoms with Gasteiger partial charge in [-0.15, -0.1) is 0 Å². The Bertz CT molecular complexity index is 1190. The van der Waals surface area contributed by atoms with Gasteiger partial charge in [0.1, 0.15) is 11.9 Å². The Morgan fingerprint density at radius 3 is 2.32 bits per heavy atom. The lowest BCUT2D eigenvalue weighted by molar-refractivity contribution is -0.141. The highest BCUT2D eigenvalue weighted by atomic mass is 35.5. The van der Waals surface area contributed by atoms with Crippen LogP contribution >= 0.6 is 23.2 Å². The zero-order chi connectivity index (χ0) is 26.2. The van der Waals surface area contributed by atoms with Crippen LogP contribution < -0.4 is 5.32 Å². The van der Waals surface area contributed by atoms with Gasteiger partial charge in [-0.3, -0.25) is 9.59 Å². The molecular weight excluding hydrogens is 510 g/mol. The van der Waals surface area contributed by atoms with Crippen molar-refractivity contribution in [2.75, 3.05) is 0 Å². The number of carbonyl (C=O) groups excluding carboxylic acids is 2. The lowest BCUT2D eigenvalue weighted by Crippen LogP contribution is -2.53. The van der Waals surface area contributed by atoms with Gasteiger partial charge in [-0.1, -0.05) is 91.0 Å². The predicted molar refractivity (Wildman–Crippen MR) is 146 cm³/mol. The van der Waals surface area contributed by atoms with Crippen molar-refractivity contribution in [2.24, 2.45) is 0 Å². The Morgan fingerprint density at radius 2 is 1.62 bits per heavy atom. The fourth-order valence-electron chi connectivity index (χ4n) is 4.88. The second-order valence-corrected chi connectivity index (χ2v) is 10.4. The monoisotopic (exact) mass is 540 g/mol. The summed E-state index contributed by atoms with van der Waals surface area (Å²) in [6, 6.07) is 20.5. The van der Waals surface area contributed by atoms with Gasteiger partial charge in [0.2, 0.25) is 11.8 Å².